The number of para-hydroxylation sites is 1. The van der Waals surface area contributed by atoms with Crippen molar-refractivity contribution >= 4 is 17.3 Å². The first-order valence-electron chi connectivity index (χ1n) is 5.25. The van der Waals surface area contributed by atoms with E-state index in [1.165, 1.54) is 23.0 Å². The number of aromatic nitrogens is 2. The van der Waals surface area contributed by atoms with Crippen LogP contribution in [0.5, 0.6) is 5.75 Å². The summed E-state index contributed by atoms with van der Waals surface area (Å²) in [7, 11) is 1.68. The van der Waals surface area contributed by atoms with Gasteiger partial charge in [-0.2, -0.15) is 5.10 Å². The van der Waals surface area contributed by atoms with Gasteiger partial charge in [-0.3, -0.25) is 19.6 Å². The number of anilines is 1. The molecule has 0 aliphatic carbocycles. The molecular weight excluding hydrogens is 252 g/mol. The number of carbonyl (C=O) groups excluding carboxylic acids is 1. The molecule has 0 saturated heterocycles. The molecule has 2 rings (SSSR count). The summed E-state index contributed by atoms with van der Waals surface area (Å²) >= 11 is 0. The first-order valence-corrected chi connectivity index (χ1v) is 5.25. The summed E-state index contributed by atoms with van der Waals surface area (Å²) in [4.78, 5) is 21.8. The van der Waals surface area contributed by atoms with Gasteiger partial charge in [0.15, 0.2) is 0 Å². The van der Waals surface area contributed by atoms with Crippen LogP contribution in [-0.2, 0) is 7.05 Å². The van der Waals surface area contributed by atoms with Gasteiger partial charge in [-0.1, -0.05) is 6.07 Å². The minimum absolute atomic E-state index is 0.168. The minimum Gasteiger partial charge on any atom is -0.502 e. The van der Waals surface area contributed by atoms with Crippen molar-refractivity contribution in [3.8, 4) is 5.75 Å². The van der Waals surface area contributed by atoms with Gasteiger partial charge >= 0.3 is 5.69 Å². The minimum atomic E-state index is -0.754. The molecule has 8 nitrogen and oxygen atoms in total. The van der Waals surface area contributed by atoms with E-state index in [9.17, 15) is 20.0 Å². The van der Waals surface area contributed by atoms with Crippen molar-refractivity contribution in [3.05, 3.63) is 46.3 Å². The third kappa shape index (κ3) is 2.51. The van der Waals surface area contributed by atoms with E-state index in [1.54, 1.807) is 13.2 Å². The third-order valence-electron chi connectivity index (χ3n) is 2.42. The summed E-state index contributed by atoms with van der Waals surface area (Å²) in [6.07, 6.45) is 2.98. The van der Waals surface area contributed by atoms with E-state index < -0.39 is 22.3 Å². The Morgan fingerprint density at radius 1 is 1.53 bits per heavy atom. The predicted molar refractivity (Wildman–Crippen MR) is 65.9 cm³/mol. The molecule has 0 atom stereocenters. The number of phenolic OH excluding ortho intramolecular Hbond substituents is 1. The first kappa shape index (κ1) is 12.6. The molecule has 0 aliphatic rings. The van der Waals surface area contributed by atoms with Crippen LogP contribution in [0.3, 0.4) is 0 Å². The lowest BCUT2D eigenvalue weighted by atomic mass is 10.1. The van der Waals surface area contributed by atoms with Gasteiger partial charge in [0.25, 0.3) is 5.91 Å². The molecule has 0 bridgehead atoms. The lowest BCUT2D eigenvalue weighted by molar-refractivity contribution is -0.385. The maximum absolute atomic E-state index is 11.9. The zero-order valence-electron chi connectivity index (χ0n) is 9.90. The number of aromatic hydroxyl groups is 1. The fourth-order valence-electron chi connectivity index (χ4n) is 1.55. The number of hydrogen-bond acceptors (Lipinski definition) is 5. The smallest absolute Gasteiger partial charge is 0.311 e. The summed E-state index contributed by atoms with van der Waals surface area (Å²) in [5, 5.41) is 26.7. The van der Waals surface area contributed by atoms with Crippen molar-refractivity contribution in [1.29, 1.82) is 0 Å². The van der Waals surface area contributed by atoms with E-state index >= 15 is 0 Å². The molecule has 8 heteroatoms. The van der Waals surface area contributed by atoms with Crippen LogP contribution in [0.1, 0.15) is 10.4 Å². The predicted octanol–water partition coefficient (Wildman–Crippen LogP) is 1.29. The van der Waals surface area contributed by atoms with Gasteiger partial charge in [0.1, 0.15) is 0 Å². The molecule has 98 valence electrons. The Balaban J connectivity index is 2.29. The Hall–Kier alpha value is -2.90. The average molecular weight is 262 g/mol. The lowest BCUT2D eigenvalue weighted by Crippen LogP contribution is -2.12. The molecule has 19 heavy (non-hydrogen) atoms. The molecule has 1 aromatic carbocycles. The van der Waals surface area contributed by atoms with Crippen LogP contribution in [0.15, 0.2) is 30.6 Å². The SMILES string of the molecule is Cn1cc(NC(=O)c2cccc([N+](=O)[O-])c2O)cn1. The average Bonchev–Trinajstić information content (AvgIpc) is 2.74. The van der Waals surface area contributed by atoms with Gasteiger partial charge in [0.2, 0.25) is 5.75 Å². The van der Waals surface area contributed by atoms with E-state index in [2.05, 4.69) is 10.4 Å². The summed E-state index contributed by atoms with van der Waals surface area (Å²) in [5.74, 6) is -1.30. The number of hydrogen-bond donors (Lipinski definition) is 2. The van der Waals surface area contributed by atoms with Crippen LogP contribution in [-0.4, -0.2) is 25.7 Å². The molecule has 0 radical (unpaired) electrons. The van der Waals surface area contributed by atoms with Gasteiger partial charge in [-0.15, -0.1) is 0 Å². The third-order valence-corrected chi connectivity index (χ3v) is 2.42. The number of amides is 1. The Kier molecular flexibility index (Phi) is 3.15. The first-order chi connectivity index (χ1) is 8.99. The molecule has 2 aromatic rings. The number of carbonyl (C=O) groups is 1. The van der Waals surface area contributed by atoms with Crippen molar-refractivity contribution in [2.45, 2.75) is 0 Å². The zero-order valence-corrected chi connectivity index (χ0v) is 9.90. The van der Waals surface area contributed by atoms with Crippen molar-refractivity contribution in [2.24, 2.45) is 7.05 Å². The van der Waals surface area contributed by atoms with Crippen LogP contribution in [0.25, 0.3) is 0 Å². The number of rotatable bonds is 3. The van der Waals surface area contributed by atoms with Crippen LogP contribution in [0.2, 0.25) is 0 Å². The van der Waals surface area contributed by atoms with Gasteiger partial charge in [0, 0.05) is 19.3 Å². The number of nitrogens with zero attached hydrogens (tertiary/aromatic N) is 3. The second-order valence-electron chi connectivity index (χ2n) is 3.79. The normalized spacial score (nSPS) is 10.2. The topological polar surface area (TPSA) is 110 Å². The van der Waals surface area contributed by atoms with Crippen LogP contribution >= 0.6 is 0 Å². The summed E-state index contributed by atoms with van der Waals surface area (Å²) in [6, 6.07) is 3.75. The van der Waals surface area contributed by atoms with Crippen molar-refractivity contribution in [3.63, 3.8) is 0 Å². The molecule has 0 spiro atoms. The highest BCUT2D eigenvalue weighted by Gasteiger charge is 2.21. The van der Waals surface area contributed by atoms with E-state index in [0.717, 1.165) is 6.07 Å². The number of benzene rings is 1. The van der Waals surface area contributed by atoms with E-state index in [0.29, 0.717) is 5.69 Å². The second kappa shape index (κ2) is 4.77. The van der Waals surface area contributed by atoms with E-state index in [-0.39, 0.29) is 5.56 Å². The standard InChI is InChI=1S/C11H10N4O4/c1-14-6-7(5-12-14)13-11(17)8-3-2-4-9(10(8)16)15(18)19/h2-6,16H,1H3,(H,13,17). The summed E-state index contributed by atoms with van der Waals surface area (Å²) in [6.45, 7) is 0. The number of phenols is 1. The molecule has 0 unspecified atom stereocenters. The molecule has 0 saturated carbocycles. The number of nitrogens with one attached hydrogen (secondary N) is 1. The quantitative estimate of drug-likeness (QED) is 0.639. The van der Waals surface area contributed by atoms with Crippen LogP contribution < -0.4 is 5.32 Å². The maximum atomic E-state index is 11.9. The molecule has 1 aromatic heterocycles. The molecule has 0 aliphatic heterocycles. The molecule has 1 heterocycles. The largest absolute Gasteiger partial charge is 0.502 e. The summed E-state index contributed by atoms with van der Waals surface area (Å²) in [5.41, 5.74) is -0.254. The van der Waals surface area contributed by atoms with Crippen LogP contribution in [0.4, 0.5) is 11.4 Å². The van der Waals surface area contributed by atoms with Crippen LogP contribution in [0, 0.1) is 10.1 Å². The van der Waals surface area contributed by atoms with Gasteiger partial charge in [-0.05, 0) is 6.07 Å². The number of nitro groups is 1. The second-order valence-corrected chi connectivity index (χ2v) is 3.79. The molecular formula is C11H10N4O4. The highest BCUT2D eigenvalue weighted by Crippen LogP contribution is 2.29. The van der Waals surface area contributed by atoms with Crippen molar-refractivity contribution in [1.82, 2.24) is 9.78 Å². The molecule has 2 N–H and O–H groups in total. The Labute approximate surface area is 107 Å². The molecule has 1 amide bonds. The Bertz CT molecular complexity index is 650. The van der Waals surface area contributed by atoms with E-state index in [4.69, 9.17) is 0 Å². The van der Waals surface area contributed by atoms with E-state index in [1.807, 2.05) is 0 Å². The van der Waals surface area contributed by atoms with Crippen molar-refractivity contribution in [2.75, 3.05) is 5.32 Å². The Morgan fingerprint density at radius 3 is 2.84 bits per heavy atom. The highest BCUT2D eigenvalue weighted by molar-refractivity contribution is 6.06. The number of nitro benzene ring substituents is 1. The Morgan fingerprint density at radius 2 is 2.26 bits per heavy atom. The highest BCUT2D eigenvalue weighted by atomic mass is 16.6. The number of aryl methyl sites for hydroxylation is 1. The lowest BCUT2D eigenvalue weighted by Gasteiger charge is -2.04. The zero-order chi connectivity index (χ0) is 14.0. The fourth-order valence-corrected chi connectivity index (χ4v) is 1.55. The van der Waals surface area contributed by atoms with Gasteiger partial charge in [0.05, 0.1) is 22.4 Å². The maximum Gasteiger partial charge on any atom is 0.311 e. The molecule has 0 fully saturated rings. The summed E-state index contributed by atoms with van der Waals surface area (Å²) < 4.78 is 1.49. The fraction of sp³-hybridized carbons (Fsp3) is 0.0909. The monoisotopic (exact) mass is 262 g/mol. The van der Waals surface area contributed by atoms with Gasteiger partial charge < -0.3 is 10.4 Å². The van der Waals surface area contributed by atoms with Gasteiger partial charge in [-0.25, -0.2) is 0 Å². The van der Waals surface area contributed by atoms with Crippen molar-refractivity contribution < 1.29 is 14.8 Å².